The average Bonchev–Trinajstić information content (AvgIpc) is 2.43. The lowest BCUT2D eigenvalue weighted by molar-refractivity contribution is 0.217. The summed E-state index contributed by atoms with van der Waals surface area (Å²) < 4.78 is 31.8. The van der Waals surface area contributed by atoms with Crippen LogP contribution in [0.3, 0.4) is 0 Å². The Morgan fingerprint density at radius 1 is 1.09 bits per heavy atom. The largest absolute Gasteiger partial charge is 0.490 e. The Balaban J connectivity index is 1.70. The van der Waals surface area contributed by atoms with E-state index in [-0.39, 0.29) is 5.56 Å². The summed E-state index contributed by atoms with van der Waals surface area (Å²) >= 11 is 0. The first-order valence-corrected chi connectivity index (χ1v) is 6.98. The molecule has 1 aromatic heterocycles. The Hall–Kier alpha value is -2.45. The van der Waals surface area contributed by atoms with Gasteiger partial charge in [-0.3, -0.25) is 4.98 Å². The maximum absolute atomic E-state index is 13.1. The number of pyridine rings is 1. The molecule has 112 valence electrons. The molecule has 2 aromatic rings. The van der Waals surface area contributed by atoms with Gasteiger partial charge in [0, 0.05) is 29.4 Å². The zero-order valence-electron chi connectivity index (χ0n) is 11.8. The van der Waals surface area contributed by atoms with Gasteiger partial charge in [-0.05, 0) is 31.2 Å². The lowest BCUT2D eigenvalue weighted by Crippen LogP contribution is -2.46. The Bertz CT molecular complexity index is 713. The lowest BCUT2D eigenvalue weighted by Gasteiger charge is -2.27. The van der Waals surface area contributed by atoms with Crippen LogP contribution < -0.4 is 10.1 Å². The van der Waals surface area contributed by atoms with Gasteiger partial charge in [-0.15, -0.1) is 0 Å². The maximum Gasteiger partial charge on any atom is 0.138 e. The molecule has 0 saturated carbocycles. The molecule has 2 heterocycles. The van der Waals surface area contributed by atoms with Crippen molar-refractivity contribution in [2.75, 3.05) is 13.2 Å². The Morgan fingerprint density at radius 2 is 1.82 bits per heavy atom. The van der Waals surface area contributed by atoms with E-state index < -0.39 is 11.6 Å². The van der Waals surface area contributed by atoms with Crippen molar-refractivity contribution in [2.45, 2.75) is 12.5 Å². The van der Waals surface area contributed by atoms with E-state index in [0.717, 1.165) is 19.0 Å². The van der Waals surface area contributed by atoms with Gasteiger partial charge in [0.2, 0.25) is 0 Å². The molecule has 5 heteroatoms. The molecule has 0 spiro atoms. The van der Waals surface area contributed by atoms with Gasteiger partial charge < -0.3 is 10.1 Å². The van der Waals surface area contributed by atoms with Crippen LogP contribution in [0.15, 0.2) is 36.7 Å². The normalized spacial score (nSPS) is 16.4. The number of hydrogen-bond acceptors (Lipinski definition) is 3. The van der Waals surface area contributed by atoms with Crippen LogP contribution in [-0.4, -0.2) is 24.2 Å². The fourth-order valence-electron chi connectivity index (χ4n) is 2.02. The van der Waals surface area contributed by atoms with E-state index in [1.54, 1.807) is 18.5 Å². The summed E-state index contributed by atoms with van der Waals surface area (Å²) in [6, 6.07) is 5.34. The zero-order valence-corrected chi connectivity index (χ0v) is 11.8. The second kappa shape index (κ2) is 6.54. The third kappa shape index (κ3) is 3.80. The first-order chi connectivity index (χ1) is 10.7. The Labute approximate surface area is 127 Å². The van der Waals surface area contributed by atoms with Gasteiger partial charge in [-0.1, -0.05) is 11.8 Å². The average molecular weight is 300 g/mol. The Kier molecular flexibility index (Phi) is 4.31. The number of ether oxygens (including phenoxy) is 1. The smallest absolute Gasteiger partial charge is 0.138 e. The summed E-state index contributed by atoms with van der Waals surface area (Å²) in [5.74, 6) is 4.89. The van der Waals surface area contributed by atoms with Crippen molar-refractivity contribution in [3.8, 4) is 17.6 Å². The monoisotopic (exact) mass is 300 g/mol. The molecule has 1 saturated heterocycles. The summed E-state index contributed by atoms with van der Waals surface area (Å²) in [5, 5.41) is 3.24. The standard InChI is InChI=1S/C17H14F2N2O/c18-14-5-12(6-15(19)8-14)1-2-13-7-17(10-20-9-13)22-11-16-3-4-21-16/h5-10,16,21H,3-4,11H2/t16-/m0/s1. The van der Waals surface area contributed by atoms with Gasteiger partial charge in [0.05, 0.1) is 6.20 Å². The first-order valence-electron chi connectivity index (χ1n) is 6.98. The number of benzene rings is 1. The maximum atomic E-state index is 13.1. The number of hydrogen-bond donors (Lipinski definition) is 1. The van der Waals surface area contributed by atoms with E-state index in [4.69, 9.17) is 4.74 Å². The van der Waals surface area contributed by atoms with Gasteiger partial charge in [0.1, 0.15) is 24.0 Å². The molecule has 1 aliphatic heterocycles. The van der Waals surface area contributed by atoms with Crippen LogP contribution in [0.2, 0.25) is 0 Å². The predicted octanol–water partition coefficient (Wildman–Crippen LogP) is 2.50. The van der Waals surface area contributed by atoms with E-state index >= 15 is 0 Å². The molecule has 3 nitrogen and oxygen atoms in total. The highest BCUT2D eigenvalue weighted by Gasteiger charge is 2.16. The molecule has 0 aliphatic carbocycles. The van der Waals surface area contributed by atoms with Gasteiger partial charge >= 0.3 is 0 Å². The number of aromatic nitrogens is 1. The number of nitrogens with zero attached hydrogens (tertiary/aromatic N) is 1. The summed E-state index contributed by atoms with van der Waals surface area (Å²) in [6.07, 6.45) is 4.31. The predicted molar refractivity (Wildman–Crippen MR) is 78.5 cm³/mol. The number of rotatable bonds is 3. The van der Waals surface area contributed by atoms with Gasteiger partial charge in [0.25, 0.3) is 0 Å². The third-order valence-electron chi connectivity index (χ3n) is 3.30. The van der Waals surface area contributed by atoms with Crippen LogP contribution in [0.1, 0.15) is 17.5 Å². The second-order valence-electron chi connectivity index (χ2n) is 5.07. The highest BCUT2D eigenvalue weighted by Crippen LogP contribution is 2.13. The molecule has 1 atom stereocenters. The van der Waals surface area contributed by atoms with Crippen molar-refractivity contribution in [1.29, 1.82) is 0 Å². The van der Waals surface area contributed by atoms with Crippen molar-refractivity contribution < 1.29 is 13.5 Å². The van der Waals surface area contributed by atoms with Gasteiger partial charge in [-0.25, -0.2) is 8.78 Å². The van der Waals surface area contributed by atoms with E-state index in [9.17, 15) is 8.78 Å². The highest BCUT2D eigenvalue weighted by molar-refractivity contribution is 5.43. The van der Waals surface area contributed by atoms with Crippen LogP contribution in [-0.2, 0) is 0 Å². The molecule has 3 rings (SSSR count). The molecular formula is C17H14F2N2O. The van der Waals surface area contributed by atoms with Crippen LogP contribution in [0.25, 0.3) is 0 Å². The fourth-order valence-corrected chi connectivity index (χ4v) is 2.02. The molecule has 0 bridgehead atoms. The minimum absolute atomic E-state index is 0.280. The number of halogens is 2. The summed E-state index contributed by atoms with van der Waals surface area (Å²) in [7, 11) is 0. The van der Waals surface area contributed by atoms with Gasteiger partial charge in [-0.2, -0.15) is 0 Å². The van der Waals surface area contributed by atoms with Crippen molar-refractivity contribution in [1.82, 2.24) is 10.3 Å². The van der Waals surface area contributed by atoms with Crippen LogP contribution in [0.5, 0.6) is 5.75 Å². The van der Waals surface area contributed by atoms with E-state index in [2.05, 4.69) is 22.1 Å². The lowest BCUT2D eigenvalue weighted by atomic mass is 10.1. The molecule has 0 unspecified atom stereocenters. The van der Waals surface area contributed by atoms with E-state index in [1.165, 1.54) is 12.1 Å². The van der Waals surface area contributed by atoms with Crippen LogP contribution >= 0.6 is 0 Å². The quantitative estimate of drug-likeness (QED) is 0.884. The molecule has 1 fully saturated rings. The molecule has 0 amide bonds. The second-order valence-corrected chi connectivity index (χ2v) is 5.07. The SMILES string of the molecule is Fc1cc(F)cc(C#Cc2cncc(OC[C@@H]3CCN3)c2)c1. The van der Waals surface area contributed by atoms with E-state index in [0.29, 0.717) is 24.0 Å². The molecule has 1 N–H and O–H groups in total. The minimum atomic E-state index is -0.646. The topological polar surface area (TPSA) is 34.1 Å². The molecular weight excluding hydrogens is 286 g/mol. The van der Waals surface area contributed by atoms with E-state index in [1.807, 2.05) is 0 Å². The molecule has 1 aliphatic rings. The molecule has 1 aromatic carbocycles. The fraction of sp³-hybridized carbons (Fsp3) is 0.235. The van der Waals surface area contributed by atoms with Crippen molar-refractivity contribution in [2.24, 2.45) is 0 Å². The van der Waals surface area contributed by atoms with Crippen molar-refractivity contribution in [3.63, 3.8) is 0 Å². The van der Waals surface area contributed by atoms with Crippen LogP contribution in [0.4, 0.5) is 8.78 Å². The summed E-state index contributed by atoms with van der Waals surface area (Å²) in [5.41, 5.74) is 0.909. The zero-order chi connectivity index (χ0) is 15.4. The molecule has 22 heavy (non-hydrogen) atoms. The summed E-state index contributed by atoms with van der Waals surface area (Å²) in [6.45, 7) is 1.62. The van der Waals surface area contributed by atoms with Crippen molar-refractivity contribution in [3.05, 3.63) is 59.4 Å². The van der Waals surface area contributed by atoms with Crippen LogP contribution in [0, 0.1) is 23.5 Å². The van der Waals surface area contributed by atoms with Crippen molar-refractivity contribution >= 4 is 0 Å². The molecule has 0 radical (unpaired) electrons. The first kappa shape index (κ1) is 14.5. The number of nitrogens with one attached hydrogen (secondary N) is 1. The third-order valence-corrected chi connectivity index (χ3v) is 3.30. The van der Waals surface area contributed by atoms with Gasteiger partial charge in [0.15, 0.2) is 0 Å². The summed E-state index contributed by atoms with van der Waals surface area (Å²) in [4.78, 5) is 4.06. The minimum Gasteiger partial charge on any atom is -0.490 e. The Morgan fingerprint density at radius 3 is 2.50 bits per heavy atom. The highest BCUT2D eigenvalue weighted by atomic mass is 19.1.